The first-order valence-electron chi connectivity index (χ1n) is 13.2. The first-order chi connectivity index (χ1) is 19.0. The zero-order valence-corrected chi connectivity index (χ0v) is 24.9. The van der Waals surface area contributed by atoms with Gasteiger partial charge in [0.2, 0.25) is 11.8 Å². The van der Waals surface area contributed by atoms with Crippen LogP contribution in [0.1, 0.15) is 43.7 Å². The van der Waals surface area contributed by atoms with Crippen molar-refractivity contribution >= 4 is 43.5 Å². The molecule has 1 N–H and O–H groups in total. The summed E-state index contributed by atoms with van der Waals surface area (Å²) < 4.78 is 43.0. The van der Waals surface area contributed by atoms with Crippen LogP contribution in [0, 0.1) is 12.7 Å². The molecule has 0 saturated heterocycles. The molecule has 0 aromatic heterocycles. The molecule has 0 spiro atoms. The number of nitrogens with one attached hydrogen (secondary N) is 1. The van der Waals surface area contributed by atoms with Crippen LogP contribution in [-0.4, -0.2) is 43.8 Å². The Morgan fingerprint density at radius 1 is 0.975 bits per heavy atom. The molecule has 40 heavy (non-hydrogen) atoms. The van der Waals surface area contributed by atoms with Crippen molar-refractivity contribution in [1.29, 1.82) is 0 Å². The highest BCUT2D eigenvalue weighted by Gasteiger charge is 2.33. The second kappa shape index (κ2) is 13.0. The van der Waals surface area contributed by atoms with Gasteiger partial charge < -0.3 is 10.2 Å². The summed E-state index contributed by atoms with van der Waals surface area (Å²) in [7, 11) is -4.24. The Morgan fingerprint density at radius 2 is 1.57 bits per heavy atom. The molecule has 4 rings (SSSR count). The number of hydrogen-bond acceptors (Lipinski definition) is 4. The number of amides is 2. The Bertz CT molecular complexity index is 1430. The fraction of sp³-hybridized carbons (Fsp3) is 0.333. The molecule has 3 aromatic carbocycles. The van der Waals surface area contributed by atoms with Crippen molar-refractivity contribution in [1.82, 2.24) is 10.2 Å². The topological polar surface area (TPSA) is 86.8 Å². The van der Waals surface area contributed by atoms with Crippen LogP contribution in [-0.2, 0) is 26.2 Å². The monoisotopic (exact) mass is 629 g/mol. The van der Waals surface area contributed by atoms with Crippen molar-refractivity contribution in [3.8, 4) is 0 Å². The second-order valence-corrected chi connectivity index (χ2v) is 12.9. The summed E-state index contributed by atoms with van der Waals surface area (Å²) in [6, 6.07) is 17.9. The molecule has 1 atom stereocenters. The minimum atomic E-state index is -4.24. The zero-order valence-electron chi connectivity index (χ0n) is 22.5. The predicted octanol–water partition coefficient (Wildman–Crippen LogP) is 5.57. The minimum Gasteiger partial charge on any atom is -0.352 e. The highest BCUT2D eigenvalue weighted by atomic mass is 79.9. The Labute approximate surface area is 243 Å². The van der Waals surface area contributed by atoms with Crippen molar-refractivity contribution < 1.29 is 22.4 Å². The SMILES string of the molecule is Cc1ccc(N(CC(=O)N(Cc2ccc(Br)cc2)C(C)C(=O)NC2CCCC2)S(=O)(=O)c2ccc(F)cc2)cc1. The molecule has 0 bridgehead atoms. The van der Waals surface area contributed by atoms with Gasteiger partial charge in [0.1, 0.15) is 18.4 Å². The van der Waals surface area contributed by atoms with E-state index in [4.69, 9.17) is 0 Å². The average molecular weight is 631 g/mol. The maximum absolute atomic E-state index is 14.0. The summed E-state index contributed by atoms with van der Waals surface area (Å²) >= 11 is 3.41. The summed E-state index contributed by atoms with van der Waals surface area (Å²) in [5, 5.41) is 3.05. The fourth-order valence-electron chi connectivity index (χ4n) is 4.73. The van der Waals surface area contributed by atoms with E-state index in [0.29, 0.717) is 0 Å². The van der Waals surface area contributed by atoms with Crippen LogP contribution >= 0.6 is 15.9 Å². The molecule has 0 aliphatic heterocycles. The molecule has 0 radical (unpaired) electrons. The Hall–Kier alpha value is -3.24. The molecule has 0 heterocycles. The summed E-state index contributed by atoms with van der Waals surface area (Å²) in [6.45, 7) is 3.11. The number of rotatable bonds is 10. The summed E-state index contributed by atoms with van der Waals surface area (Å²) in [5.41, 5.74) is 2.00. The molecule has 7 nitrogen and oxygen atoms in total. The number of sulfonamides is 1. The van der Waals surface area contributed by atoms with Crippen LogP contribution in [0.4, 0.5) is 10.1 Å². The largest absolute Gasteiger partial charge is 0.352 e. The molecular weight excluding hydrogens is 597 g/mol. The third-order valence-corrected chi connectivity index (χ3v) is 9.45. The number of halogens is 2. The van der Waals surface area contributed by atoms with Gasteiger partial charge in [-0.15, -0.1) is 0 Å². The number of nitrogens with zero attached hydrogens (tertiary/aromatic N) is 2. The molecule has 1 unspecified atom stereocenters. The normalized spacial score (nSPS) is 14.5. The van der Waals surface area contributed by atoms with Gasteiger partial charge in [-0.2, -0.15) is 0 Å². The number of anilines is 1. The third kappa shape index (κ3) is 7.28. The lowest BCUT2D eigenvalue weighted by molar-refractivity contribution is -0.139. The highest BCUT2D eigenvalue weighted by Crippen LogP contribution is 2.26. The van der Waals surface area contributed by atoms with Gasteiger partial charge in [-0.25, -0.2) is 12.8 Å². The van der Waals surface area contributed by atoms with E-state index >= 15 is 0 Å². The number of hydrogen-bond donors (Lipinski definition) is 1. The van der Waals surface area contributed by atoms with Gasteiger partial charge in [-0.05, 0) is 80.8 Å². The van der Waals surface area contributed by atoms with Crippen LogP contribution < -0.4 is 9.62 Å². The van der Waals surface area contributed by atoms with E-state index in [-0.39, 0.29) is 29.1 Å². The predicted molar refractivity (Wildman–Crippen MR) is 157 cm³/mol. The maximum atomic E-state index is 14.0. The highest BCUT2D eigenvalue weighted by molar-refractivity contribution is 9.10. The van der Waals surface area contributed by atoms with Crippen molar-refractivity contribution in [2.75, 3.05) is 10.8 Å². The van der Waals surface area contributed by atoms with Gasteiger partial charge in [-0.3, -0.25) is 13.9 Å². The molecule has 10 heteroatoms. The van der Waals surface area contributed by atoms with E-state index < -0.39 is 34.3 Å². The van der Waals surface area contributed by atoms with E-state index in [2.05, 4.69) is 21.2 Å². The molecule has 1 saturated carbocycles. The number of benzene rings is 3. The smallest absolute Gasteiger partial charge is 0.264 e. The Balaban J connectivity index is 1.67. The van der Waals surface area contributed by atoms with Gasteiger partial charge in [0, 0.05) is 17.1 Å². The number of carbonyl (C=O) groups is 2. The lowest BCUT2D eigenvalue weighted by Crippen LogP contribution is -2.52. The maximum Gasteiger partial charge on any atom is 0.264 e. The number of aryl methyl sites for hydroxylation is 1. The summed E-state index contributed by atoms with van der Waals surface area (Å²) in [6.07, 6.45) is 3.90. The Kier molecular flexibility index (Phi) is 9.63. The van der Waals surface area contributed by atoms with Crippen LogP contribution in [0.5, 0.6) is 0 Å². The molecule has 1 aliphatic carbocycles. The van der Waals surface area contributed by atoms with E-state index in [1.807, 2.05) is 31.2 Å². The fourth-order valence-corrected chi connectivity index (χ4v) is 6.41. The van der Waals surface area contributed by atoms with Crippen molar-refractivity contribution in [3.63, 3.8) is 0 Å². The third-order valence-electron chi connectivity index (χ3n) is 7.14. The first kappa shape index (κ1) is 29.7. The van der Waals surface area contributed by atoms with Crippen LogP contribution in [0.15, 0.2) is 82.2 Å². The van der Waals surface area contributed by atoms with E-state index in [0.717, 1.165) is 57.7 Å². The van der Waals surface area contributed by atoms with Crippen molar-refractivity contribution in [2.45, 2.75) is 63.1 Å². The minimum absolute atomic E-state index is 0.0718. The van der Waals surface area contributed by atoms with Gasteiger partial charge >= 0.3 is 0 Å². The summed E-state index contributed by atoms with van der Waals surface area (Å²) in [4.78, 5) is 28.5. The molecular formula is C30H33BrFN3O4S. The lowest BCUT2D eigenvalue weighted by atomic mass is 10.1. The van der Waals surface area contributed by atoms with Gasteiger partial charge in [0.15, 0.2) is 0 Å². The molecule has 1 fully saturated rings. The summed E-state index contributed by atoms with van der Waals surface area (Å²) in [5.74, 6) is -1.39. The zero-order chi connectivity index (χ0) is 28.9. The molecule has 2 amide bonds. The molecule has 3 aromatic rings. The van der Waals surface area contributed by atoms with E-state index in [1.165, 1.54) is 17.0 Å². The second-order valence-electron chi connectivity index (χ2n) is 10.1. The molecule has 1 aliphatic rings. The quantitative estimate of drug-likeness (QED) is 0.318. The van der Waals surface area contributed by atoms with E-state index in [1.54, 1.807) is 31.2 Å². The van der Waals surface area contributed by atoms with Gasteiger partial charge in [0.05, 0.1) is 10.6 Å². The van der Waals surface area contributed by atoms with Gasteiger partial charge in [-0.1, -0.05) is 58.6 Å². The van der Waals surface area contributed by atoms with E-state index in [9.17, 15) is 22.4 Å². The van der Waals surface area contributed by atoms with Gasteiger partial charge in [0.25, 0.3) is 10.0 Å². The number of carbonyl (C=O) groups excluding carboxylic acids is 2. The lowest BCUT2D eigenvalue weighted by Gasteiger charge is -2.32. The van der Waals surface area contributed by atoms with Crippen molar-refractivity contribution in [2.24, 2.45) is 0 Å². The van der Waals surface area contributed by atoms with Crippen LogP contribution in [0.2, 0.25) is 0 Å². The van der Waals surface area contributed by atoms with Crippen LogP contribution in [0.25, 0.3) is 0 Å². The van der Waals surface area contributed by atoms with Crippen LogP contribution in [0.3, 0.4) is 0 Å². The first-order valence-corrected chi connectivity index (χ1v) is 15.5. The van der Waals surface area contributed by atoms with Crippen molar-refractivity contribution in [3.05, 3.63) is 94.2 Å². The average Bonchev–Trinajstić information content (AvgIpc) is 3.44. The Morgan fingerprint density at radius 3 is 2.17 bits per heavy atom. The molecule has 212 valence electrons. The standard InChI is InChI=1S/C30H33BrFN3O4S/c1-21-7-15-27(16-8-21)35(40(38,39)28-17-13-25(32)14-18-28)20-29(36)34(19-23-9-11-24(31)12-10-23)22(2)30(37)33-26-5-3-4-6-26/h7-18,22,26H,3-6,19-20H2,1-2H3,(H,33,37).